The molecule has 0 aromatic carbocycles. The van der Waals surface area contributed by atoms with Gasteiger partial charge in [-0.1, -0.05) is 0 Å². The van der Waals surface area contributed by atoms with Gasteiger partial charge < -0.3 is 10.2 Å². The van der Waals surface area contributed by atoms with Gasteiger partial charge in [-0.2, -0.15) is 33.2 Å². The van der Waals surface area contributed by atoms with Gasteiger partial charge in [-0.15, -0.1) is 0 Å². The third kappa shape index (κ3) is 4.04. The first-order chi connectivity index (χ1) is 9.89. The van der Waals surface area contributed by atoms with Gasteiger partial charge in [-0.25, -0.2) is 4.68 Å². The van der Waals surface area contributed by atoms with E-state index in [1.54, 1.807) is 12.3 Å². The van der Waals surface area contributed by atoms with Crippen molar-refractivity contribution in [3.63, 3.8) is 0 Å². The standard InChI is InChI=1S/C11H14F3N7/c1-3-15-8-17-9(20(2)7-11(12,13)14)19-10(18-8)21-6-4-5-16-21/h4-6H,3,7H2,1-2H3,(H,15,17,18,19). The molecule has 0 fully saturated rings. The predicted octanol–water partition coefficient (Wildman–Crippen LogP) is 1.49. The summed E-state index contributed by atoms with van der Waals surface area (Å²) in [5, 5.41) is 6.81. The van der Waals surface area contributed by atoms with Crippen LogP contribution in [0.3, 0.4) is 0 Å². The van der Waals surface area contributed by atoms with Crippen molar-refractivity contribution in [3.05, 3.63) is 18.5 Å². The third-order valence-electron chi connectivity index (χ3n) is 2.41. The molecule has 2 rings (SSSR count). The summed E-state index contributed by atoms with van der Waals surface area (Å²) in [6.45, 7) is 1.21. The van der Waals surface area contributed by atoms with Crippen molar-refractivity contribution in [1.29, 1.82) is 0 Å². The van der Waals surface area contributed by atoms with Gasteiger partial charge in [0.25, 0.3) is 5.95 Å². The van der Waals surface area contributed by atoms with Crippen molar-refractivity contribution in [1.82, 2.24) is 24.7 Å². The average Bonchev–Trinajstić information content (AvgIpc) is 2.90. The molecule has 2 aromatic heterocycles. The maximum atomic E-state index is 12.5. The molecule has 2 aromatic rings. The second-order valence-corrected chi connectivity index (χ2v) is 4.21. The summed E-state index contributed by atoms with van der Waals surface area (Å²) in [5.41, 5.74) is 0. The van der Waals surface area contributed by atoms with Crippen LogP contribution in [0.4, 0.5) is 25.1 Å². The molecule has 0 bridgehead atoms. The summed E-state index contributed by atoms with van der Waals surface area (Å²) in [4.78, 5) is 13.0. The minimum atomic E-state index is -4.34. The number of nitrogens with zero attached hydrogens (tertiary/aromatic N) is 6. The monoisotopic (exact) mass is 301 g/mol. The maximum absolute atomic E-state index is 12.5. The molecule has 0 atom stereocenters. The van der Waals surface area contributed by atoms with Crippen LogP contribution in [0.5, 0.6) is 0 Å². The van der Waals surface area contributed by atoms with E-state index in [-0.39, 0.29) is 17.8 Å². The van der Waals surface area contributed by atoms with E-state index in [0.29, 0.717) is 6.54 Å². The molecule has 0 unspecified atom stereocenters. The Morgan fingerprint density at radius 2 is 2.05 bits per heavy atom. The van der Waals surface area contributed by atoms with E-state index in [4.69, 9.17) is 0 Å². The van der Waals surface area contributed by atoms with Gasteiger partial charge in [-0.05, 0) is 13.0 Å². The molecule has 2 heterocycles. The quantitative estimate of drug-likeness (QED) is 0.902. The number of rotatable bonds is 5. The van der Waals surface area contributed by atoms with Gasteiger partial charge in [0.05, 0.1) is 0 Å². The molecule has 114 valence electrons. The Morgan fingerprint density at radius 1 is 1.29 bits per heavy atom. The summed E-state index contributed by atoms with van der Waals surface area (Å²) in [6.07, 6.45) is -1.22. The number of hydrogen-bond acceptors (Lipinski definition) is 6. The minimum Gasteiger partial charge on any atom is -0.354 e. The molecule has 0 aliphatic heterocycles. The minimum absolute atomic E-state index is 0.0798. The number of aromatic nitrogens is 5. The van der Waals surface area contributed by atoms with E-state index in [0.717, 1.165) is 4.90 Å². The van der Waals surface area contributed by atoms with Crippen LogP contribution in [0.15, 0.2) is 18.5 Å². The van der Waals surface area contributed by atoms with Crippen LogP contribution in [0.1, 0.15) is 6.92 Å². The first-order valence-corrected chi connectivity index (χ1v) is 6.17. The van der Waals surface area contributed by atoms with Crippen LogP contribution in [0, 0.1) is 0 Å². The van der Waals surface area contributed by atoms with Gasteiger partial charge in [-0.3, -0.25) is 0 Å². The highest BCUT2D eigenvalue weighted by atomic mass is 19.4. The van der Waals surface area contributed by atoms with E-state index in [9.17, 15) is 13.2 Å². The molecule has 0 saturated carbocycles. The molecule has 0 spiro atoms. The SMILES string of the molecule is CCNc1nc(N(C)CC(F)(F)F)nc(-n2cccn2)n1. The van der Waals surface area contributed by atoms with Crippen molar-refractivity contribution in [2.24, 2.45) is 0 Å². The van der Waals surface area contributed by atoms with Gasteiger partial charge >= 0.3 is 6.18 Å². The lowest BCUT2D eigenvalue weighted by Crippen LogP contribution is -2.32. The first kappa shape index (κ1) is 15.0. The zero-order valence-electron chi connectivity index (χ0n) is 11.5. The Morgan fingerprint density at radius 3 is 2.62 bits per heavy atom. The van der Waals surface area contributed by atoms with Crippen molar-refractivity contribution in [2.75, 3.05) is 30.4 Å². The van der Waals surface area contributed by atoms with Crippen molar-refractivity contribution < 1.29 is 13.2 Å². The molecule has 0 aliphatic carbocycles. The molecule has 0 aliphatic rings. The summed E-state index contributed by atoms with van der Waals surface area (Å²) in [6, 6.07) is 1.66. The highest BCUT2D eigenvalue weighted by Gasteiger charge is 2.30. The van der Waals surface area contributed by atoms with Crippen molar-refractivity contribution >= 4 is 11.9 Å². The van der Waals surface area contributed by atoms with E-state index < -0.39 is 12.7 Å². The van der Waals surface area contributed by atoms with Gasteiger partial charge in [0.2, 0.25) is 11.9 Å². The summed E-state index contributed by atoms with van der Waals surface area (Å²) in [5.74, 6) is 0.265. The predicted molar refractivity (Wildman–Crippen MR) is 70.4 cm³/mol. The third-order valence-corrected chi connectivity index (χ3v) is 2.41. The lowest BCUT2D eigenvalue weighted by molar-refractivity contribution is -0.119. The fourth-order valence-electron chi connectivity index (χ4n) is 1.59. The molecule has 10 heteroatoms. The van der Waals surface area contributed by atoms with E-state index in [1.807, 2.05) is 6.92 Å². The van der Waals surface area contributed by atoms with Crippen LogP contribution in [-0.2, 0) is 0 Å². The molecule has 0 radical (unpaired) electrons. The highest BCUT2D eigenvalue weighted by molar-refractivity contribution is 5.39. The number of alkyl halides is 3. The van der Waals surface area contributed by atoms with Crippen molar-refractivity contribution in [3.8, 4) is 5.95 Å². The lowest BCUT2D eigenvalue weighted by Gasteiger charge is -2.19. The Hall–Kier alpha value is -2.39. The fraction of sp³-hybridized carbons (Fsp3) is 0.455. The molecule has 0 saturated heterocycles. The second-order valence-electron chi connectivity index (χ2n) is 4.21. The average molecular weight is 301 g/mol. The topological polar surface area (TPSA) is 71.8 Å². The Labute approximate surface area is 118 Å². The molecular weight excluding hydrogens is 287 g/mol. The van der Waals surface area contributed by atoms with Gasteiger partial charge in [0.15, 0.2) is 0 Å². The Kier molecular flexibility index (Phi) is 4.24. The molecule has 7 nitrogen and oxygen atoms in total. The molecule has 1 N–H and O–H groups in total. The van der Waals surface area contributed by atoms with Gasteiger partial charge in [0, 0.05) is 26.0 Å². The first-order valence-electron chi connectivity index (χ1n) is 6.17. The highest BCUT2D eigenvalue weighted by Crippen LogP contribution is 2.19. The normalized spacial score (nSPS) is 11.5. The Bertz CT molecular complexity index is 582. The largest absolute Gasteiger partial charge is 0.406 e. The van der Waals surface area contributed by atoms with Crippen LogP contribution >= 0.6 is 0 Å². The van der Waals surface area contributed by atoms with E-state index in [2.05, 4.69) is 25.4 Å². The van der Waals surface area contributed by atoms with Crippen LogP contribution in [-0.4, -0.2) is 51.0 Å². The van der Waals surface area contributed by atoms with Crippen LogP contribution < -0.4 is 10.2 Å². The summed E-state index contributed by atoms with van der Waals surface area (Å²) >= 11 is 0. The van der Waals surface area contributed by atoms with Gasteiger partial charge in [0.1, 0.15) is 6.54 Å². The number of hydrogen-bond donors (Lipinski definition) is 1. The number of anilines is 2. The smallest absolute Gasteiger partial charge is 0.354 e. The Balaban J connectivity index is 2.36. The van der Waals surface area contributed by atoms with Crippen LogP contribution in [0.25, 0.3) is 5.95 Å². The fourth-order valence-corrected chi connectivity index (χ4v) is 1.59. The molecule has 21 heavy (non-hydrogen) atoms. The van der Waals surface area contributed by atoms with E-state index >= 15 is 0 Å². The van der Waals surface area contributed by atoms with Crippen molar-refractivity contribution in [2.45, 2.75) is 13.1 Å². The number of halogens is 3. The zero-order valence-corrected chi connectivity index (χ0v) is 11.5. The van der Waals surface area contributed by atoms with Crippen LogP contribution in [0.2, 0.25) is 0 Å². The summed E-state index contributed by atoms with van der Waals surface area (Å²) in [7, 11) is 1.27. The molecular formula is C11H14F3N7. The van der Waals surface area contributed by atoms with E-state index in [1.165, 1.54) is 17.9 Å². The number of nitrogens with one attached hydrogen (secondary N) is 1. The second kappa shape index (κ2) is 5.94. The summed E-state index contributed by atoms with van der Waals surface area (Å²) < 4.78 is 38.8. The maximum Gasteiger partial charge on any atom is 0.406 e. The molecule has 0 amide bonds. The lowest BCUT2D eigenvalue weighted by atomic mass is 10.5. The zero-order chi connectivity index (χ0) is 15.5.